The number of sulfonamides is 1. The maximum Gasteiger partial charge on any atom is 0.307 e. The van der Waals surface area contributed by atoms with Crippen molar-refractivity contribution < 1.29 is 27.4 Å². The van der Waals surface area contributed by atoms with E-state index >= 15 is 0 Å². The second-order valence-electron chi connectivity index (χ2n) is 7.61. The Bertz CT molecular complexity index is 1250. The van der Waals surface area contributed by atoms with Crippen LogP contribution in [0.4, 0.5) is 4.39 Å². The molecule has 1 heterocycles. The predicted molar refractivity (Wildman–Crippen MR) is 114 cm³/mol. The van der Waals surface area contributed by atoms with Crippen LogP contribution in [0.1, 0.15) is 24.0 Å². The van der Waals surface area contributed by atoms with E-state index in [0.717, 1.165) is 12.8 Å². The normalized spacial score (nSPS) is 14.8. The van der Waals surface area contributed by atoms with Gasteiger partial charge < -0.3 is 9.84 Å². The lowest BCUT2D eigenvalue weighted by atomic mass is 9.98. The van der Waals surface area contributed by atoms with Crippen LogP contribution in [-0.4, -0.2) is 36.9 Å². The second-order valence-corrected chi connectivity index (χ2v) is 9.55. The highest BCUT2D eigenvalue weighted by molar-refractivity contribution is 7.89. The molecule has 0 unspecified atom stereocenters. The molecule has 0 aliphatic carbocycles. The second kappa shape index (κ2) is 8.28. The Balaban J connectivity index is 1.71. The van der Waals surface area contributed by atoms with Crippen molar-refractivity contribution in [2.45, 2.75) is 31.1 Å². The van der Waals surface area contributed by atoms with Crippen molar-refractivity contribution in [3.05, 3.63) is 65.5 Å². The quantitative estimate of drug-likeness (QED) is 0.607. The maximum absolute atomic E-state index is 13.9. The fourth-order valence-corrected chi connectivity index (χ4v) is 5.36. The molecule has 3 aromatic carbocycles. The summed E-state index contributed by atoms with van der Waals surface area (Å²) in [4.78, 5) is 11.4. The molecule has 0 bridgehead atoms. The van der Waals surface area contributed by atoms with Gasteiger partial charge in [-0.1, -0.05) is 12.1 Å². The van der Waals surface area contributed by atoms with E-state index in [2.05, 4.69) is 0 Å². The van der Waals surface area contributed by atoms with Crippen LogP contribution in [-0.2, 0) is 21.2 Å². The van der Waals surface area contributed by atoms with Crippen LogP contribution in [0.25, 0.3) is 10.8 Å². The minimum atomic E-state index is -3.53. The highest BCUT2D eigenvalue weighted by Crippen LogP contribution is 2.37. The molecule has 1 saturated heterocycles. The van der Waals surface area contributed by atoms with Crippen LogP contribution in [0.5, 0.6) is 11.5 Å². The molecule has 0 amide bonds. The van der Waals surface area contributed by atoms with Gasteiger partial charge in [0.05, 0.1) is 11.3 Å². The molecule has 0 radical (unpaired) electrons. The van der Waals surface area contributed by atoms with E-state index in [9.17, 15) is 22.7 Å². The summed E-state index contributed by atoms with van der Waals surface area (Å²) in [6, 6.07) is 12.0. The van der Waals surface area contributed by atoms with Crippen LogP contribution in [0.2, 0.25) is 0 Å². The number of halogens is 1. The van der Waals surface area contributed by atoms with Crippen molar-refractivity contribution in [2.75, 3.05) is 13.1 Å². The number of nitrogens with zero attached hydrogens (tertiary/aromatic N) is 1. The number of fused-ring (bicyclic) bond motifs is 1. The Labute approximate surface area is 179 Å². The maximum atomic E-state index is 13.9. The molecule has 1 aliphatic heterocycles. The van der Waals surface area contributed by atoms with Crippen LogP contribution in [0.15, 0.2) is 53.4 Å². The van der Waals surface area contributed by atoms with E-state index in [4.69, 9.17) is 4.74 Å². The van der Waals surface area contributed by atoms with Crippen molar-refractivity contribution >= 4 is 26.8 Å². The fraction of sp³-hybridized carbons (Fsp3) is 0.261. The van der Waals surface area contributed by atoms with Gasteiger partial charge in [-0.2, -0.15) is 4.31 Å². The number of carboxylic acids is 1. The van der Waals surface area contributed by atoms with Crippen molar-refractivity contribution in [3.8, 4) is 11.5 Å². The zero-order valence-corrected chi connectivity index (χ0v) is 17.8. The van der Waals surface area contributed by atoms with Crippen molar-refractivity contribution in [1.82, 2.24) is 4.31 Å². The molecular formula is C23H22FNO5S. The minimum Gasteiger partial charge on any atom is -0.481 e. The molecule has 6 nitrogen and oxygen atoms in total. The zero-order chi connectivity index (χ0) is 22.2. The lowest BCUT2D eigenvalue weighted by Crippen LogP contribution is -2.27. The Hall–Kier alpha value is -2.97. The van der Waals surface area contributed by atoms with E-state index in [1.165, 1.54) is 28.6 Å². The molecule has 0 aromatic heterocycles. The van der Waals surface area contributed by atoms with Gasteiger partial charge in [0.15, 0.2) is 0 Å². The fourth-order valence-electron chi connectivity index (χ4n) is 3.85. The molecule has 0 spiro atoms. The number of ether oxygens (including phenoxy) is 1. The molecule has 31 heavy (non-hydrogen) atoms. The van der Waals surface area contributed by atoms with Gasteiger partial charge in [-0.3, -0.25) is 4.79 Å². The highest BCUT2D eigenvalue weighted by Gasteiger charge is 2.27. The number of aliphatic carboxylic acids is 1. The number of hydrogen-bond acceptors (Lipinski definition) is 4. The van der Waals surface area contributed by atoms with E-state index in [-0.39, 0.29) is 11.3 Å². The van der Waals surface area contributed by atoms with E-state index in [1.54, 1.807) is 31.2 Å². The summed E-state index contributed by atoms with van der Waals surface area (Å²) in [5.41, 5.74) is 1.16. The van der Waals surface area contributed by atoms with Gasteiger partial charge in [0.2, 0.25) is 10.0 Å². The average Bonchev–Trinajstić information content (AvgIpc) is 3.27. The molecule has 4 rings (SSSR count). The van der Waals surface area contributed by atoms with E-state index in [1.807, 2.05) is 0 Å². The minimum absolute atomic E-state index is 0.189. The van der Waals surface area contributed by atoms with Gasteiger partial charge in [0.25, 0.3) is 0 Å². The summed E-state index contributed by atoms with van der Waals surface area (Å²) >= 11 is 0. The summed E-state index contributed by atoms with van der Waals surface area (Å²) in [6.07, 6.45) is 1.52. The third-order valence-electron chi connectivity index (χ3n) is 5.50. The molecule has 3 aromatic rings. The predicted octanol–water partition coefficient (Wildman–Crippen LogP) is 4.49. The van der Waals surface area contributed by atoms with Crippen LogP contribution in [0, 0.1) is 12.7 Å². The first-order chi connectivity index (χ1) is 14.8. The lowest BCUT2D eigenvalue weighted by Gasteiger charge is -2.17. The van der Waals surface area contributed by atoms with Gasteiger partial charge in [-0.15, -0.1) is 0 Å². The van der Waals surface area contributed by atoms with Gasteiger partial charge in [-0.25, -0.2) is 12.8 Å². The summed E-state index contributed by atoms with van der Waals surface area (Å²) in [7, 11) is -3.53. The van der Waals surface area contributed by atoms with E-state index in [0.29, 0.717) is 46.5 Å². The van der Waals surface area contributed by atoms with E-state index < -0.39 is 21.8 Å². The molecule has 1 N–H and O–H groups in total. The monoisotopic (exact) mass is 443 g/mol. The van der Waals surface area contributed by atoms with Gasteiger partial charge in [-0.05, 0) is 72.7 Å². The number of carboxylic acid groups (broad SMARTS) is 1. The van der Waals surface area contributed by atoms with Gasteiger partial charge in [0.1, 0.15) is 17.3 Å². The average molecular weight is 443 g/mol. The Morgan fingerprint density at radius 3 is 2.42 bits per heavy atom. The lowest BCUT2D eigenvalue weighted by molar-refractivity contribution is -0.136. The molecule has 0 saturated carbocycles. The number of hydrogen-bond donors (Lipinski definition) is 1. The van der Waals surface area contributed by atoms with Crippen LogP contribution in [0.3, 0.4) is 0 Å². The first kappa shape index (κ1) is 21.3. The summed E-state index contributed by atoms with van der Waals surface area (Å²) in [5, 5.41) is 10.4. The molecule has 162 valence electrons. The smallest absolute Gasteiger partial charge is 0.307 e. The topological polar surface area (TPSA) is 83.9 Å². The molecule has 0 atom stereocenters. The first-order valence-corrected chi connectivity index (χ1v) is 11.4. The zero-order valence-electron chi connectivity index (χ0n) is 17.0. The Morgan fingerprint density at radius 2 is 1.77 bits per heavy atom. The van der Waals surface area contributed by atoms with Crippen LogP contribution >= 0.6 is 0 Å². The number of carbonyl (C=O) groups is 1. The molecule has 8 heteroatoms. The Kier molecular flexibility index (Phi) is 5.68. The summed E-state index contributed by atoms with van der Waals surface area (Å²) in [6.45, 7) is 2.77. The van der Waals surface area contributed by atoms with Gasteiger partial charge in [0, 0.05) is 18.5 Å². The van der Waals surface area contributed by atoms with Crippen molar-refractivity contribution in [2.24, 2.45) is 0 Å². The third-order valence-corrected chi connectivity index (χ3v) is 7.41. The molecule has 1 fully saturated rings. The molecular weight excluding hydrogens is 421 g/mol. The molecule has 1 aliphatic rings. The third kappa shape index (κ3) is 4.26. The Morgan fingerprint density at radius 1 is 1.10 bits per heavy atom. The first-order valence-electron chi connectivity index (χ1n) is 9.97. The summed E-state index contributed by atoms with van der Waals surface area (Å²) < 4.78 is 46.8. The number of benzene rings is 3. The SMILES string of the molecule is Cc1c(CC(=O)O)cc2ccc(F)cc2c1Oc1ccc(S(=O)(=O)N2CCCC2)cc1. The highest BCUT2D eigenvalue weighted by atomic mass is 32.2. The number of rotatable bonds is 6. The largest absolute Gasteiger partial charge is 0.481 e. The van der Waals surface area contributed by atoms with Crippen molar-refractivity contribution in [3.63, 3.8) is 0 Å². The van der Waals surface area contributed by atoms with Gasteiger partial charge >= 0.3 is 5.97 Å². The van der Waals surface area contributed by atoms with Crippen LogP contribution < -0.4 is 4.74 Å². The van der Waals surface area contributed by atoms with Crippen molar-refractivity contribution in [1.29, 1.82) is 0 Å². The standard InChI is InChI=1S/C23H22FNO5S/c1-15-17(13-22(26)27)12-16-4-5-18(24)14-21(16)23(15)30-19-6-8-20(9-7-19)31(28,29)25-10-2-3-11-25/h4-9,12,14H,2-3,10-11,13H2,1H3,(H,26,27). The summed E-state index contributed by atoms with van der Waals surface area (Å²) in [5.74, 6) is -0.688.